The number of nitrogens with zero attached hydrogens (tertiary/aromatic N) is 3. The Balaban J connectivity index is 1.42. The summed E-state index contributed by atoms with van der Waals surface area (Å²) in [6.07, 6.45) is 11.2. The highest BCUT2D eigenvalue weighted by Gasteiger charge is 2.51. The zero-order chi connectivity index (χ0) is 17.9. The molecule has 2 aromatic rings. The van der Waals surface area contributed by atoms with Crippen LogP contribution in [0.5, 0.6) is 5.75 Å². The molecule has 0 unspecified atom stereocenters. The lowest BCUT2D eigenvalue weighted by atomic mass is 9.50. The zero-order valence-corrected chi connectivity index (χ0v) is 15.6. The van der Waals surface area contributed by atoms with Crippen molar-refractivity contribution in [2.45, 2.75) is 51.9 Å². The van der Waals surface area contributed by atoms with Gasteiger partial charge in [-0.15, -0.1) is 10.2 Å². The van der Waals surface area contributed by atoms with Crippen LogP contribution < -0.4 is 10.5 Å². The molecule has 2 N–H and O–H groups in total. The minimum atomic E-state index is 0.397. The minimum Gasteiger partial charge on any atom is -0.493 e. The summed E-state index contributed by atoms with van der Waals surface area (Å²) in [5, 5.41) is 8.14. The molecule has 0 atom stereocenters. The van der Waals surface area contributed by atoms with Gasteiger partial charge in [0.1, 0.15) is 5.75 Å². The quantitative estimate of drug-likeness (QED) is 0.825. The number of ether oxygens (including phenoxy) is 1. The Labute approximate surface area is 154 Å². The molecule has 0 radical (unpaired) electrons. The van der Waals surface area contributed by atoms with E-state index in [1.165, 1.54) is 38.5 Å². The van der Waals surface area contributed by atoms with Crippen molar-refractivity contribution in [1.82, 2.24) is 14.6 Å². The predicted molar refractivity (Wildman–Crippen MR) is 102 cm³/mol. The molecule has 0 spiro atoms. The second-order valence-corrected chi connectivity index (χ2v) is 9.29. The van der Waals surface area contributed by atoms with Gasteiger partial charge in [-0.1, -0.05) is 12.2 Å². The van der Waals surface area contributed by atoms with Crippen LogP contribution >= 0.6 is 0 Å². The van der Waals surface area contributed by atoms with Crippen LogP contribution in [-0.2, 0) is 6.42 Å². The van der Waals surface area contributed by atoms with Crippen LogP contribution in [0.4, 0.5) is 5.95 Å². The molecule has 5 heteroatoms. The van der Waals surface area contributed by atoms with E-state index < -0.39 is 0 Å². The van der Waals surface area contributed by atoms with E-state index in [1.54, 1.807) is 0 Å². The van der Waals surface area contributed by atoms with Crippen molar-refractivity contribution in [3.63, 3.8) is 0 Å². The van der Waals surface area contributed by atoms with Gasteiger partial charge in [-0.25, -0.2) is 0 Å². The van der Waals surface area contributed by atoms with Gasteiger partial charge in [-0.05, 0) is 69.6 Å². The van der Waals surface area contributed by atoms with Gasteiger partial charge < -0.3 is 10.5 Å². The van der Waals surface area contributed by atoms with Crippen LogP contribution in [0.3, 0.4) is 0 Å². The van der Waals surface area contributed by atoms with Crippen LogP contribution in [0.2, 0.25) is 0 Å². The van der Waals surface area contributed by atoms with Crippen LogP contribution in [0, 0.1) is 23.2 Å². The zero-order valence-electron chi connectivity index (χ0n) is 15.6. The van der Waals surface area contributed by atoms with E-state index in [0.717, 1.165) is 53.3 Å². The number of aromatic nitrogens is 3. The summed E-state index contributed by atoms with van der Waals surface area (Å²) < 4.78 is 8.31. The average molecular weight is 352 g/mol. The first kappa shape index (κ1) is 16.2. The van der Waals surface area contributed by atoms with Crippen molar-refractivity contribution in [3.8, 4) is 5.75 Å². The van der Waals surface area contributed by atoms with Crippen molar-refractivity contribution >= 4 is 11.6 Å². The summed E-state index contributed by atoms with van der Waals surface area (Å²) in [5.41, 5.74) is 9.29. The van der Waals surface area contributed by atoms with Crippen LogP contribution in [0.15, 0.2) is 24.4 Å². The molecule has 26 heavy (non-hydrogen) atoms. The third-order valence-electron chi connectivity index (χ3n) is 6.80. The van der Waals surface area contributed by atoms with E-state index in [9.17, 15) is 0 Å². The normalized spacial score (nSPS) is 32.3. The van der Waals surface area contributed by atoms with Gasteiger partial charge in [0.05, 0.1) is 6.61 Å². The maximum atomic E-state index is 6.48. The highest BCUT2D eigenvalue weighted by atomic mass is 16.5. The van der Waals surface area contributed by atoms with Gasteiger partial charge in [0.25, 0.3) is 0 Å². The number of allylic oxidation sites excluding steroid dienone is 1. The standard InChI is InChI=1S/C21H28N4O/c1-13(2)3-17-11-25-19(23-24-20(25)22)7-18(17)26-12-21-8-14-4-15(9-21)6-16(5-14)10-21/h7,11,14-16H,1,3-6,8-10,12H2,2H3,(H2,22,24). The van der Waals surface area contributed by atoms with E-state index in [1.807, 2.05) is 23.6 Å². The monoisotopic (exact) mass is 352 g/mol. The molecule has 4 aliphatic carbocycles. The Hall–Kier alpha value is -2.04. The van der Waals surface area contributed by atoms with Gasteiger partial charge in [0, 0.05) is 23.2 Å². The fourth-order valence-corrected chi connectivity index (χ4v) is 6.27. The number of rotatable bonds is 5. The molecule has 2 heterocycles. The lowest BCUT2D eigenvalue weighted by Crippen LogP contribution is -2.48. The summed E-state index contributed by atoms with van der Waals surface area (Å²) in [6.45, 7) is 6.95. The Bertz CT molecular complexity index is 833. The van der Waals surface area contributed by atoms with E-state index in [4.69, 9.17) is 10.5 Å². The lowest BCUT2D eigenvalue weighted by molar-refractivity contribution is -0.0746. The molecule has 6 rings (SSSR count). The number of hydrogen-bond acceptors (Lipinski definition) is 4. The Morgan fingerprint density at radius 2 is 1.88 bits per heavy atom. The predicted octanol–water partition coefficient (Wildman–Crippen LogP) is 4.03. The maximum absolute atomic E-state index is 6.48. The van der Waals surface area contributed by atoms with E-state index in [0.29, 0.717) is 11.4 Å². The SMILES string of the molecule is C=C(C)Cc1cn2c(N)nnc2cc1OCC12CC3CC(CC(C3)C1)C2. The Morgan fingerprint density at radius 1 is 1.23 bits per heavy atom. The molecule has 138 valence electrons. The highest BCUT2D eigenvalue weighted by molar-refractivity contribution is 5.52. The summed E-state index contributed by atoms with van der Waals surface area (Å²) in [5.74, 6) is 4.16. The Morgan fingerprint density at radius 3 is 2.50 bits per heavy atom. The number of pyridine rings is 1. The molecule has 4 saturated carbocycles. The third-order valence-corrected chi connectivity index (χ3v) is 6.80. The minimum absolute atomic E-state index is 0.397. The molecular weight excluding hydrogens is 324 g/mol. The van der Waals surface area contributed by atoms with Gasteiger partial charge >= 0.3 is 0 Å². The highest BCUT2D eigenvalue weighted by Crippen LogP contribution is 2.60. The molecule has 4 fully saturated rings. The van der Waals surface area contributed by atoms with Crippen LogP contribution in [-0.4, -0.2) is 21.2 Å². The van der Waals surface area contributed by atoms with E-state index >= 15 is 0 Å². The smallest absolute Gasteiger partial charge is 0.226 e. The van der Waals surface area contributed by atoms with Crippen molar-refractivity contribution < 1.29 is 4.74 Å². The molecule has 4 aliphatic rings. The molecule has 0 aliphatic heterocycles. The number of nitrogens with two attached hydrogens (primary N) is 1. The second-order valence-electron chi connectivity index (χ2n) is 9.29. The molecule has 5 nitrogen and oxygen atoms in total. The summed E-state index contributed by atoms with van der Waals surface area (Å²) in [6, 6.07) is 1.99. The first-order valence-electron chi connectivity index (χ1n) is 9.90. The molecule has 2 aromatic heterocycles. The van der Waals surface area contributed by atoms with E-state index in [2.05, 4.69) is 16.8 Å². The number of nitrogen functional groups attached to an aromatic ring is 1. The molecule has 4 bridgehead atoms. The Kier molecular flexibility index (Phi) is 3.56. The van der Waals surface area contributed by atoms with Gasteiger partial charge in [-0.2, -0.15) is 0 Å². The van der Waals surface area contributed by atoms with Crippen LogP contribution in [0.1, 0.15) is 51.0 Å². The van der Waals surface area contributed by atoms with Crippen LogP contribution in [0.25, 0.3) is 5.65 Å². The molecule has 0 saturated heterocycles. The topological polar surface area (TPSA) is 65.4 Å². The fourth-order valence-electron chi connectivity index (χ4n) is 6.27. The second kappa shape index (κ2) is 5.73. The third kappa shape index (κ3) is 2.68. The maximum Gasteiger partial charge on any atom is 0.226 e. The lowest BCUT2D eigenvalue weighted by Gasteiger charge is -2.56. The molecular formula is C21H28N4O. The first-order valence-corrected chi connectivity index (χ1v) is 9.90. The summed E-state index contributed by atoms with van der Waals surface area (Å²) in [4.78, 5) is 0. The number of fused-ring (bicyclic) bond motifs is 1. The van der Waals surface area contributed by atoms with Gasteiger partial charge in [0.2, 0.25) is 5.95 Å². The molecule has 0 aromatic carbocycles. The van der Waals surface area contributed by atoms with E-state index in [-0.39, 0.29) is 0 Å². The fraction of sp³-hybridized carbons (Fsp3) is 0.619. The first-order chi connectivity index (χ1) is 12.5. The number of hydrogen-bond donors (Lipinski definition) is 1. The number of anilines is 1. The van der Waals surface area contributed by atoms with Gasteiger partial charge in [-0.3, -0.25) is 4.40 Å². The summed E-state index contributed by atoms with van der Waals surface area (Å²) in [7, 11) is 0. The largest absolute Gasteiger partial charge is 0.493 e. The van der Waals surface area contributed by atoms with Crippen molar-refractivity contribution in [3.05, 3.63) is 30.0 Å². The van der Waals surface area contributed by atoms with Crippen molar-refractivity contribution in [2.75, 3.05) is 12.3 Å². The average Bonchev–Trinajstić information content (AvgIpc) is 2.91. The summed E-state index contributed by atoms with van der Waals surface area (Å²) >= 11 is 0. The molecule has 0 amide bonds. The van der Waals surface area contributed by atoms with Crippen molar-refractivity contribution in [1.29, 1.82) is 0 Å². The van der Waals surface area contributed by atoms with Gasteiger partial charge in [0.15, 0.2) is 5.65 Å². The van der Waals surface area contributed by atoms with Crippen molar-refractivity contribution in [2.24, 2.45) is 23.2 Å².